The van der Waals surface area contributed by atoms with E-state index >= 15 is 0 Å². The lowest BCUT2D eigenvalue weighted by molar-refractivity contribution is 0.208. The molecule has 0 radical (unpaired) electrons. The van der Waals surface area contributed by atoms with Crippen molar-refractivity contribution in [3.05, 3.63) is 53.3 Å². The number of nitrogens with zero attached hydrogens (tertiary/aromatic N) is 2. The van der Waals surface area contributed by atoms with Gasteiger partial charge in [-0.2, -0.15) is 0 Å². The second kappa shape index (κ2) is 8.48. The van der Waals surface area contributed by atoms with Gasteiger partial charge in [-0.05, 0) is 56.3 Å². The lowest BCUT2D eigenvalue weighted by Crippen LogP contribution is -2.50. The van der Waals surface area contributed by atoms with Crippen LogP contribution in [0.4, 0.5) is 20.6 Å². The van der Waals surface area contributed by atoms with Gasteiger partial charge in [-0.1, -0.05) is 11.6 Å². The maximum Gasteiger partial charge on any atom is 0.321 e. The van der Waals surface area contributed by atoms with Crippen LogP contribution >= 0.6 is 11.6 Å². The number of carbonyl (C=O) groups excluding carboxylic acids is 1. The van der Waals surface area contributed by atoms with Gasteiger partial charge in [0.05, 0.1) is 11.1 Å². The number of rotatable bonds is 4. The van der Waals surface area contributed by atoms with E-state index in [0.717, 1.165) is 17.1 Å². The lowest BCUT2D eigenvalue weighted by atomic mass is 10.2. The van der Waals surface area contributed by atoms with Gasteiger partial charge < -0.3 is 19.9 Å². The molecule has 1 aliphatic heterocycles. The number of nitrogens with one attached hydrogen (secondary N) is 1. The molecule has 0 atom stereocenters. The largest absolute Gasteiger partial charge is 0.491 e. The van der Waals surface area contributed by atoms with Crippen LogP contribution < -0.4 is 15.0 Å². The highest BCUT2D eigenvalue weighted by Gasteiger charge is 2.21. The molecule has 0 spiro atoms. The van der Waals surface area contributed by atoms with Crippen LogP contribution in [0.3, 0.4) is 0 Å². The topological polar surface area (TPSA) is 44.8 Å². The van der Waals surface area contributed by atoms with Crippen LogP contribution in [0.1, 0.15) is 13.8 Å². The van der Waals surface area contributed by atoms with E-state index in [4.69, 9.17) is 16.3 Å². The lowest BCUT2D eigenvalue weighted by Gasteiger charge is -2.36. The monoisotopic (exact) mass is 391 g/mol. The molecule has 0 bridgehead atoms. The highest BCUT2D eigenvalue weighted by molar-refractivity contribution is 6.31. The Hall–Kier alpha value is -2.47. The van der Waals surface area contributed by atoms with Crippen molar-refractivity contribution >= 4 is 29.0 Å². The van der Waals surface area contributed by atoms with E-state index in [1.54, 1.807) is 17.0 Å². The average molecular weight is 392 g/mol. The van der Waals surface area contributed by atoms with E-state index in [-0.39, 0.29) is 17.2 Å². The molecule has 2 aromatic carbocycles. The SMILES string of the molecule is CC(C)Oc1ccc(NC(=O)N2CCN(c3ccc(F)c(Cl)c3)CC2)cc1. The van der Waals surface area contributed by atoms with Gasteiger partial charge in [0.25, 0.3) is 0 Å². The summed E-state index contributed by atoms with van der Waals surface area (Å²) >= 11 is 5.86. The summed E-state index contributed by atoms with van der Waals surface area (Å²) in [4.78, 5) is 16.3. The number of urea groups is 1. The molecular formula is C20H23ClFN3O2. The molecule has 1 fully saturated rings. The van der Waals surface area contributed by atoms with Crippen LogP contribution in [-0.4, -0.2) is 43.2 Å². The maximum absolute atomic E-state index is 13.3. The fourth-order valence-electron chi connectivity index (χ4n) is 2.94. The molecule has 2 amide bonds. The minimum Gasteiger partial charge on any atom is -0.491 e. The van der Waals surface area contributed by atoms with Crippen molar-refractivity contribution in [1.29, 1.82) is 0 Å². The molecule has 1 saturated heterocycles. The fraction of sp³-hybridized carbons (Fsp3) is 0.350. The third-order valence-electron chi connectivity index (χ3n) is 4.31. The van der Waals surface area contributed by atoms with E-state index < -0.39 is 5.82 Å². The van der Waals surface area contributed by atoms with Crippen LogP contribution in [0.25, 0.3) is 0 Å². The first-order chi connectivity index (χ1) is 12.9. The summed E-state index contributed by atoms with van der Waals surface area (Å²) in [6.45, 7) is 6.42. The van der Waals surface area contributed by atoms with Crippen LogP contribution in [0, 0.1) is 5.82 Å². The first kappa shape index (κ1) is 19.3. The minimum absolute atomic E-state index is 0.109. The number of hydrogen-bond acceptors (Lipinski definition) is 3. The van der Waals surface area contributed by atoms with Crippen molar-refractivity contribution in [2.45, 2.75) is 20.0 Å². The van der Waals surface area contributed by atoms with Crippen LogP contribution in [-0.2, 0) is 0 Å². The van der Waals surface area contributed by atoms with E-state index in [1.807, 2.05) is 38.1 Å². The molecule has 0 aliphatic carbocycles. The van der Waals surface area contributed by atoms with Crippen molar-refractivity contribution in [3.63, 3.8) is 0 Å². The fourth-order valence-corrected chi connectivity index (χ4v) is 3.12. The highest BCUT2D eigenvalue weighted by Crippen LogP contribution is 2.24. The predicted molar refractivity (Wildman–Crippen MR) is 106 cm³/mol. The second-order valence-corrected chi connectivity index (χ2v) is 7.10. The molecule has 2 aromatic rings. The van der Waals surface area contributed by atoms with Gasteiger partial charge in [-0.3, -0.25) is 0 Å². The summed E-state index contributed by atoms with van der Waals surface area (Å²) in [6.07, 6.45) is 0.109. The molecule has 0 aromatic heterocycles. The second-order valence-electron chi connectivity index (χ2n) is 6.69. The Morgan fingerprint density at radius 1 is 1.11 bits per heavy atom. The Morgan fingerprint density at radius 2 is 1.78 bits per heavy atom. The normalized spacial score (nSPS) is 14.4. The Kier molecular flexibility index (Phi) is 6.06. The third-order valence-corrected chi connectivity index (χ3v) is 4.60. The number of hydrogen-bond donors (Lipinski definition) is 1. The zero-order valence-electron chi connectivity index (χ0n) is 15.4. The Labute approximate surface area is 163 Å². The molecule has 1 N–H and O–H groups in total. The zero-order chi connectivity index (χ0) is 19.4. The van der Waals surface area contributed by atoms with Crippen molar-refractivity contribution in [3.8, 4) is 5.75 Å². The highest BCUT2D eigenvalue weighted by atomic mass is 35.5. The van der Waals surface area contributed by atoms with Gasteiger partial charge in [0.2, 0.25) is 0 Å². The predicted octanol–water partition coefficient (Wildman–Crippen LogP) is 4.62. The third kappa shape index (κ3) is 5.04. The first-order valence-electron chi connectivity index (χ1n) is 8.95. The molecule has 3 rings (SSSR count). The average Bonchev–Trinajstić information content (AvgIpc) is 2.65. The molecule has 7 heteroatoms. The number of benzene rings is 2. The summed E-state index contributed by atoms with van der Waals surface area (Å²) in [5.41, 5.74) is 1.59. The number of halogens is 2. The van der Waals surface area contributed by atoms with E-state index in [0.29, 0.717) is 26.2 Å². The first-order valence-corrected chi connectivity index (χ1v) is 9.33. The van der Waals surface area contributed by atoms with E-state index in [2.05, 4.69) is 10.2 Å². The van der Waals surface area contributed by atoms with Gasteiger partial charge in [0.1, 0.15) is 11.6 Å². The van der Waals surface area contributed by atoms with Crippen LogP contribution in [0.15, 0.2) is 42.5 Å². The molecule has 144 valence electrons. The maximum atomic E-state index is 13.3. The van der Waals surface area contributed by atoms with Gasteiger partial charge in [-0.25, -0.2) is 9.18 Å². The van der Waals surface area contributed by atoms with Crippen molar-refractivity contribution in [1.82, 2.24) is 4.90 Å². The molecule has 0 unspecified atom stereocenters. The summed E-state index contributed by atoms with van der Waals surface area (Å²) in [6, 6.07) is 11.9. The Balaban J connectivity index is 1.53. The Morgan fingerprint density at radius 3 is 2.37 bits per heavy atom. The van der Waals surface area contributed by atoms with Crippen LogP contribution in [0.2, 0.25) is 5.02 Å². The quantitative estimate of drug-likeness (QED) is 0.827. The molecule has 1 aliphatic rings. The summed E-state index contributed by atoms with van der Waals surface area (Å²) < 4.78 is 18.9. The summed E-state index contributed by atoms with van der Waals surface area (Å²) in [7, 11) is 0. The van der Waals surface area contributed by atoms with E-state index in [9.17, 15) is 9.18 Å². The number of carbonyl (C=O) groups is 1. The number of piperazine rings is 1. The number of anilines is 2. The van der Waals surface area contributed by atoms with Crippen molar-refractivity contribution in [2.75, 3.05) is 36.4 Å². The smallest absolute Gasteiger partial charge is 0.321 e. The van der Waals surface area contributed by atoms with Gasteiger partial charge in [-0.15, -0.1) is 0 Å². The minimum atomic E-state index is -0.428. The van der Waals surface area contributed by atoms with Crippen LogP contribution in [0.5, 0.6) is 5.75 Å². The van der Waals surface area contributed by atoms with Gasteiger partial charge in [0, 0.05) is 37.6 Å². The molecule has 5 nitrogen and oxygen atoms in total. The molecule has 1 heterocycles. The number of amides is 2. The van der Waals surface area contributed by atoms with Gasteiger partial charge >= 0.3 is 6.03 Å². The van der Waals surface area contributed by atoms with E-state index in [1.165, 1.54) is 6.07 Å². The van der Waals surface area contributed by atoms with Crippen molar-refractivity contribution < 1.29 is 13.9 Å². The van der Waals surface area contributed by atoms with Crippen molar-refractivity contribution in [2.24, 2.45) is 0 Å². The summed E-state index contributed by atoms with van der Waals surface area (Å²) in [5.74, 6) is 0.345. The zero-order valence-corrected chi connectivity index (χ0v) is 16.2. The standard InChI is InChI=1S/C20H23ClFN3O2/c1-14(2)27-17-6-3-15(4-7-17)23-20(26)25-11-9-24(10-12-25)16-5-8-19(22)18(21)13-16/h3-8,13-14H,9-12H2,1-2H3,(H,23,26). The molecule has 0 saturated carbocycles. The van der Waals surface area contributed by atoms with Gasteiger partial charge in [0.15, 0.2) is 0 Å². The number of ether oxygens (including phenoxy) is 1. The molecule has 27 heavy (non-hydrogen) atoms. The molecular weight excluding hydrogens is 369 g/mol. The summed E-state index contributed by atoms with van der Waals surface area (Å²) in [5, 5.41) is 3.01. The Bertz CT molecular complexity index is 790.